The predicted molar refractivity (Wildman–Crippen MR) is 87.7 cm³/mol. The van der Waals surface area contributed by atoms with Crippen molar-refractivity contribution < 1.29 is 9.21 Å². The summed E-state index contributed by atoms with van der Waals surface area (Å²) in [7, 11) is 0. The maximum atomic E-state index is 12.9. The molecule has 23 heavy (non-hydrogen) atoms. The number of carbonyl (C=O) groups is 1. The fourth-order valence-electron chi connectivity index (χ4n) is 2.51. The molecule has 116 valence electrons. The number of carbonyl (C=O) groups excluding carboxylic acids is 1. The minimum absolute atomic E-state index is 0.0687. The summed E-state index contributed by atoms with van der Waals surface area (Å²) in [6, 6.07) is 17.3. The highest BCUT2D eigenvalue weighted by molar-refractivity contribution is 5.94. The number of aromatic nitrogens is 1. The van der Waals surface area contributed by atoms with Gasteiger partial charge in [-0.3, -0.25) is 9.78 Å². The van der Waals surface area contributed by atoms with Gasteiger partial charge in [-0.1, -0.05) is 36.4 Å². The minimum Gasteiger partial charge on any atom is -0.472 e. The van der Waals surface area contributed by atoms with Crippen LogP contribution in [0.3, 0.4) is 0 Å². The Bertz CT molecular complexity index is 740. The van der Waals surface area contributed by atoms with E-state index in [1.54, 1.807) is 12.3 Å². The molecule has 1 aromatic carbocycles. The number of furan rings is 1. The molecule has 2 aromatic heterocycles. The van der Waals surface area contributed by atoms with Gasteiger partial charge in [0.15, 0.2) is 0 Å². The zero-order valence-corrected chi connectivity index (χ0v) is 12.9. The smallest absolute Gasteiger partial charge is 0.257 e. The Kier molecular flexibility index (Phi) is 4.52. The van der Waals surface area contributed by atoms with Gasteiger partial charge < -0.3 is 9.32 Å². The molecule has 0 aliphatic carbocycles. The van der Waals surface area contributed by atoms with Crippen LogP contribution in [0.4, 0.5) is 0 Å². The lowest BCUT2D eigenvalue weighted by atomic mass is 10.1. The Morgan fingerprint density at radius 2 is 1.91 bits per heavy atom. The van der Waals surface area contributed by atoms with Gasteiger partial charge >= 0.3 is 0 Å². The van der Waals surface area contributed by atoms with Gasteiger partial charge in [-0.05, 0) is 30.7 Å². The summed E-state index contributed by atoms with van der Waals surface area (Å²) >= 11 is 0. The molecule has 3 rings (SSSR count). The second kappa shape index (κ2) is 6.92. The Morgan fingerprint density at radius 1 is 1.13 bits per heavy atom. The quantitative estimate of drug-likeness (QED) is 0.713. The van der Waals surface area contributed by atoms with Gasteiger partial charge in [0.1, 0.15) is 6.26 Å². The number of hydrogen-bond acceptors (Lipinski definition) is 3. The molecule has 1 atom stereocenters. The number of pyridine rings is 1. The van der Waals surface area contributed by atoms with Crippen LogP contribution in [0.2, 0.25) is 0 Å². The van der Waals surface area contributed by atoms with Crippen molar-refractivity contribution in [2.45, 2.75) is 19.5 Å². The molecule has 4 nitrogen and oxygen atoms in total. The van der Waals surface area contributed by atoms with Crippen molar-refractivity contribution in [3.8, 4) is 0 Å². The van der Waals surface area contributed by atoms with Gasteiger partial charge in [0.05, 0.1) is 30.1 Å². The second-order valence-electron chi connectivity index (χ2n) is 5.35. The van der Waals surface area contributed by atoms with Crippen molar-refractivity contribution in [3.05, 3.63) is 90.1 Å². The van der Waals surface area contributed by atoms with E-state index in [-0.39, 0.29) is 11.9 Å². The first-order chi connectivity index (χ1) is 11.3. The van der Waals surface area contributed by atoms with Crippen LogP contribution in [0.5, 0.6) is 0 Å². The summed E-state index contributed by atoms with van der Waals surface area (Å²) in [5.74, 6) is -0.0687. The first-order valence-corrected chi connectivity index (χ1v) is 7.53. The standard InChI is InChI=1S/C19H18N2O2/c1-15(16-7-3-2-4-8-16)21(13-18-9-5-6-11-20-18)19(22)17-10-12-23-14-17/h2-12,14-15H,13H2,1H3/t15-/m1/s1. The van der Waals surface area contributed by atoms with Crippen LogP contribution in [0.1, 0.15) is 34.6 Å². The van der Waals surface area contributed by atoms with Crippen LogP contribution in [0.15, 0.2) is 77.7 Å². The van der Waals surface area contributed by atoms with Crippen molar-refractivity contribution in [3.63, 3.8) is 0 Å². The average molecular weight is 306 g/mol. The number of nitrogens with zero attached hydrogens (tertiary/aromatic N) is 2. The summed E-state index contributed by atoms with van der Waals surface area (Å²) < 4.78 is 5.06. The van der Waals surface area contributed by atoms with Crippen molar-refractivity contribution in [1.29, 1.82) is 0 Å². The number of rotatable bonds is 5. The summed E-state index contributed by atoms with van der Waals surface area (Å²) in [5.41, 5.74) is 2.48. The van der Waals surface area contributed by atoms with Gasteiger partial charge in [-0.2, -0.15) is 0 Å². The highest BCUT2D eigenvalue weighted by atomic mass is 16.3. The maximum Gasteiger partial charge on any atom is 0.257 e. The van der Waals surface area contributed by atoms with Crippen LogP contribution in [-0.2, 0) is 6.54 Å². The molecule has 0 spiro atoms. The van der Waals surface area contributed by atoms with E-state index in [4.69, 9.17) is 4.42 Å². The molecule has 1 amide bonds. The molecule has 0 unspecified atom stereocenters. The molecule has 2 heterocycles. The van der Waals surface area contributed by atoms with Crippen LogP contribution < -0.4 is 0 Å². The molecule has 0 saturated carbocycles. The fourth-order valence-corrected chi connectivity index (χ4v) is 2.51. The van der Waals surface area contributed by atoms with Crippen LogP contribution in [0.25, 0.3) is 0 Å². The van der Waals surface area contributed by atoms with E-state index in [9.17, 15) is 4.79 Å². The van der Waals surface area contributed by atoms with Gasteiger partial charge in [0.2, 0.25) is 0 Å². The van der Waals surface area contributed by atoms with Crippen molar-refractivity contribution in [1.82, 2.24) is 9.88 Å². The third-order valence-corrected chi connectivity index (χ3v) is 3.84. The molecule has 0 fully saturated rings. The van der Waals surface area contributed by atoms with Gasteiger partial charge in [-0.15, -0.1) is 0 Å². The molecule has 0 N–H and O–H groups in total. The zero-order valence-electron chi connectivity index (χ0n) is 12.9. The lowest BCUT2D eigenvalue weighted by Gasteiger charge is -2.29. The first kappa shape index (κ1) is 15.0. The first-order valence-electron chi connectivity index (χ1n) is 7.53. The molecule has 3 aromatic rings. The van der Waals surface area contributed by atoms with Crippen LogP contribution >= 0.6 is 0 Å². The summed E-state index contributed by atoms with van der Waals surface area (Å²) in [6.07, 6.45) is 4.73. The maximum absolute atomic E-state index is 12.9. The SMILES string of the molecule is C[C@H](c1ccccc1)N(Cc1ccccn1)C(=O)c1ccoc1. The van der Waals surface area contributed by atoms with E-state index in [1.807, 2.05) is 60.4 Å². The second-order valence-corrected chi connectivity index (χ2v) is 5.35. The fraction of sp³-hybridized carbons (Fsp3) is 0.158. The van der Waals surface area contributed by atoms with Gasteiger partial charge in [-0.25, -0.2) is 0 Å². The van der Waals surface area contributed by atoms with E-state index in [1.165, 1.54) is 12.5 Å². The lowest BCUT2D eigenvalue weighted by molar-refractivity contribution is 0.0670. The molecule has 0 aliphatic heterocycles. The third kappa shape index (κ3) is 3.48. The molecule has 0 saturated heterocycles. The number of hydrogen-bond donors (Lipinski definition) is 0. The molecule has 0 aliphatic rings. The Balaban J connectivity index is 1.91. The highest BCUT2D eigenvalue weighted by Gasteiger charge is 2.24. The molecule has 4 heteroatoms. The average Bonchev–Trinajstić information content (AvgIpc) is 3.15. The summed E-state index contributed by atoms with van der Waals surface area (Å²) in [5, 5.41) is 0. The van der Waals surface area contributed by atoms with Crippen LogP contribution in [0, 0.1) is 0 Å². The normalized spacial score (nSPS) is 11.9. The number of benzene rings is 1. The van der Waals surface area contributed by atoms with Crippen molar-refractivity contribution >= 4 is 5.91 Å². The Labute approximate surface area is 135 Å². The topological polar surface area (TPSA) is 46.3 Å². The Hall–Kier alpha value is -2.88. The highest BCUT2D eigenvalue weighted by Crippen LogP contribution is 2.24. The summed E-state index contributed by atoms with van der Waals surface area (Å²) in [4.78, 5) is 19.0. The molecular weight excluding hydrogens is 288 g/mol. The van der Waals surface area contributed by atoms with E-state index in [0.29, 0.717) is 12.1 Å². The van der Waals surface area contributed by atoms with Crippen molar-refractivity contribution in [2.75, 3.05) is 0 Å². The van der Waals surface area contributed by atoms with Crippen molar-refractivity contribution in [2.24, 2.45) is 0 Å². The molecule has 0 radical (unpaired) electrons. The third-order valence-electron chi connectivity index (χ3n) is 3.84. The number of amides is 1. The van der Waals surface area contributed by atoms with E-state index in [2.05, 4.69) is 4.98 Å². The minimum atomic E-state index is -0.0689. The lowest BCUT2D eigenvalue weighted by Crippen LogP contribution is -2.33. The summed E-state index contributed by atoms with van der Waals surface area (Å²) in [6.45, 7) is 2.47. The zero-order chi connectivity index (χ0) is 16.1. The van der Waals surface area contributed by atoms with Gasteiger partial charge in [0.25, 0.3) is 5.91 Å². The van der Waals surface area contributed by atoms with E-state index < -0.39 is 0 Å². The van der Waals surface area contributed by atoms with E-state index in [0.717, 1.165) is 11.3 Å². The monoisotopic (exact) mass is 306 g/mol. The largest absolute Gasteiger partial charge is 0.472 e. The molecule has 0 bridgehead atoms. The van der Waals surface area contributed by atoms with E-state index >= 15 is 0 Å². The Morgan fingerprint density at radius 3 is 2.57 bits per heavy atom. The van der Waals surface area contributed by atoms with Gasteiger partial charge in [0, 0.05) is 6.20 Å². The van der Waals surface area contributed by atoms with Crippen LogP contribution in [-0.4, -0.2) is 15.8 Å². The predicted octanol–water partition coefficient (Wildman–Crippen LogP) is 4.08. The molecular formula is C19H18N2O2.